The summed E-state index contributed by atoms with van der Waals surface area (Å²) in [5.74, 6) is 0.121. The highest BCUT2D eigenvalue weighted by Crippen LogP contribution is 2.41. The van der Waals surface area contributed by atoms with E-state index in [4.69, 9.17) is 13.9 Å². The van der Waals surface area contributed by atoms with E-state index in [0.717, 1.165) is 17.2 Å². The van der Waals surface area contributed by atoms with Gasteiger partial charge in [0, 0.05) is 6.54 Å². The zero-order valence-electron chi connectivity index (χ0n) is 20.3. The second-order valence-electron chi connectivity index (χ2n) is 8.71. The largest absolute Gasteiger partial charge is 0.490 e. The number of hydrogen-bond donors (Lipinski definition) is 0. The van der Waals surface area contributed by atoms with Crippen LogP contribution in [0.4, 0.5) is 4.39 Å². The van der Waals surface area contributed by atoms with Crippen molar-refractivity contribution in [3.05, 3.63) is 105 Å². The molecule has 3 aromatic carbocycles. The van der Waals surface area contributed by atoms with E-state index in [0.29, 0.717) is 30.3 Å². The van der Waals surface area contributed by atoms with Crippen LogP contribution in [0.2, 0.25) is 0 Å². The standard InChI is InChI=1S/C29H26FNO5/c1-4-34-23-12-10-19(14-24(23)35-5-2)26-25-27(32)21-15-20(30)11-13-22(21)36-28(25)29(33)31(26)16-18-8-6-17(3)7-9-18/h6-15,26H,4-5,16H2,1-3H3/t26-/m1/s1. The first kappa shape index (κ1) is 23.6. The van der Waals surface area contributed by atoms with Gasteiger partial charge in [0.1, 0.15) is 11.4 Å². The molecular formula is C29H26FNO5. The molecule has 0 aliphatic carbocycles. The molecule has 1 aliphatic rings. The molecule has 0 saturated carbocycles. The predicted octanol–water partition coefficient (Wildman–Crippen LogP) is 5.78. The molecule has 0 N–H and O–H groups in total. The highest BCUT2D eigenvalue weighted by molar-refractivity contribution is 5.99. The molecule has 5 rings (SSSR count). The Morgan fingerprint density at radius 3 is 2.36 bits per heavy atom. The number of ether oxygens (including phenoxy) is 2. The fourth-order valence-corrected chi connectivity index (χ4v) is 4.63. The first-order valence-corrected chi connectivity index (χ1v) is 11.9. The molecule has 184 valence electrons. The summed E-state index contributed by atoms with van der Waals surface area (Å²) in [6.45, 7) is 6.89. The molecule has 1 aliphatic heterocycles. The summed E-state index contributed by atoms with van der Waals surface area (Å²) in [6, 6.07) is 16.2. The lowest BCUT2D eigenvalue weighted by atomic mass is 9.97. The fraction of sp³-hybridized carbons (Fsp3) is 0.241. The molecule has 0 saturated heterocycles. The number of halogens is 1. The van der Waals surface area contributed by atoms with E-state index in [1.165, 1.54) is 12.1 Å². The van der Waals surface area contributed by atoms with Crippen molar-refractivity contribution in [2.75, 3.05) is 13.2 Å². The van der Waals surface area contributed by atoms with Crippen molar-refractivity contribution in [1.29, 1.82) is 0 Å². The van der Waals surface area contributed by atoms with Crippen molar-refractivity contribution in [2.45, 2.75) is 33.4 Å². The van der Waals surface area contributed by atoms with E-state index in [2.05, 4.69) is 0 Å². The van der Waals surface area contributed by atoms with Crippen LogP contribution in [0.5, 0.6) is 11.5 Å². The normalized spacial score (nSPS) is 14.8. The van der Waals surface area contributed by atoms with Gasteiger partial charge in [0.15, 0.2) is 16.9 Å². The van der Waals surface area contributed by atoms with Crippen molar-refractivity contribution >= 4 is 16.9 Å². The molecule has 1 amide bonds. The van der Waals surface area contributed by atoms with Gasteiger partial charge in [-0.1, -0.05) is 35.9 Å². The number of rotatable bonds is 7. The maximum atomic E-state index is 14.0. The molecule has 4 aromatic rings. The van der Waals surface area contributed by atoms with Crippen molar-refractivity contribution in [2.24, 2.45) is 0 Å². The van der Waals surface area contributed by atoms with E-state index in [1.54, 1.807) is 17.0 Å². The van der Waals surface area contributed by atoms with Gasteiger partial charge in [-0.15, -0.1) is 0 Å². The average Bonchev–Trinajstić information content (AvgIpc) is 3.14. The summed E-state index contributed by atoms with van der Waals surface area (Å²) in [6.07, 6.45) is 0. The summed E-state index contributed by atoms with van der Waals surface area (Å²) in [7, 11) is 0. The third kappa shape index (κ3) is 4.11. The van der Waals surface area contributed by atoms with Crippen molar-refractivity contribution in [1.82, 2.24) is 4.90 Å². The maximum absolute atomic E-state index is 14.0. The summed E-state index contributed by atoms with van der Waals surface area (Å²) in [4.78, 5) is 28.9. The predicted molar refractivity (Wildman–Crippen MR) is 134 cm³/mol. The first-order chi connectivity index (χ1) is 17.4. The van der Waals surface area contributed by atoms with Crippen molar-refractivity contribution in [3.63, 3.8) is 0 Å². The molecule has 0 fully saturated rings. The lowest BCUT2D eigenvalue weighted by Crippen LogP contribution is -2.29. The monoisotopic (exact) mass is 487 g/mol. The maximum Gasteiger partial charge on any atom is 0.291 e. The van der Waals surface area contributed by atoms with Crippen LogP contribution in [0.3, 0.4) is 0 Å². The van der Waals surface area contributed by atoms with E-state index in [9.17, 15) is 14.0 Å². The summed E-state index contributed by atoms with van der Waals surface area (Å²) in [5, 5.41) is 0.0969. The Bertz CT molecular complexity index is 1510. The van der Waals surface area contributed by atoms with E-state index in [-0.39, 0.29) is 28.8 Å². The minimum atomic E-state index is -0.743. The number of carbonyl (C=O) groups is 1. The summed E-state index contributed by atoms with van der Waals surface area (Å²) < 4.78 is 31.5. The van der Waals surface area contributed by atoms with Gasteiger partial charge in [-0.3, -0.25) is 9.59 Å². The van der Waals surface area contributed by atoms with Crippen LogP contribution in [0.25, 0.3) is 11.0 Å². The summed E-state index contributed by atoms with van der Waals surface area (Å²) in [5.41, 5.74) is 2.62. The molecule has 0 unspecified atom stereocenters. The van der Waals surface area contributed by atoms with E-state index >= 15 is 0 Å². The molecule has 36 heavy (non-hydrogen) atoms. The van der Waals surface area contributed by atoms with Crippen molar-refractivity contribution < 1.29 is 23.1 Å². The second-order valence-corrected chi connectivity index (χ2v) is 8.71. The Kier molecular flexibility index (Phi) is 6.22. The second kappa shape index (κ2) is 9.49. The van der Waals surface area contributed by atoms with E-state index < -0.39 is 23.2 Å². The fourth-order valence-electron chi connectivity index (χ4n) is 4.63. The Balaban J connectivity index is 1.71. The smallest absolute Gasteiger partial charge is 0.291 e. The van der Waals surface area contributed by atoms with Gasteiger partial charge in [0.05, 0.1) is 30.2 Å². The quantitative estimate of drug-likeness (QED) is 0.330. The number of nitrogens with zero attached hydrogens (tertiary/aromatic N) is 1. The zero-order valence-corrected chi connectivity index (χ0v) is 20.3. The molecule has 1 aromatic heterocycles. The van der Waals surface area contributed by atoms with Gasteiger partial charge in [0.25, 0.3) is 5.91 Å². The number of amides is 1. The van der Waals surface area contributed by atoms with Crippen LogP contribution in [0.15, 0.2) is 69.9 Å². The molecule has 7 heteroatoms. The SMILES string of the molecule is CCOc1ccc([C@@H]2c3c(oc4ccc(F)cc4c3=O)C(=O)N2Cc2ccc(C)cc2)cc1OCC. The Morgan fingerprint density at radius 1 is 0.917 bits per heavy atom. The lowest BCUT2D eigenvalue weighted by Gasteiger charge is -2.26. The van der Waals surface area contributed by atoms with Gasteiger partial charge < -0.3 is 18.8 Å². The molecule has 2 heterocycles. The van der Waals surface area contributed by atoms with Crippen molar-refractivity contribution in [3.8, 4) is 11.5 Å². The highest BCUT2D eigenvalue weighted by Gasteiger charge is 2.43. The van der Waals surface area contributed by atoms with Crippen LogP contribution in [0.1, 0.15) is 52.7 Å². The minimum absolute atomic E-state index is 0.0249. The Hall–Kier alpha value is -4.13. The Labute approximate surface area is 207 Å². The van der Waals surface area contributed by atoms with Gasteiger partial charge in [-0.2, -0.15) is 0 Å². The molecule has 0 bridgehead atoms. The molecule has 0 spiro atoms. The van der Waals surface area contributed by atoms with Gasteiger partial charge in [-0.25, -0.2) is 4.39 Å². The zero-order chi connectivity index (χ0) is 25.4. The van der Waals surface area contributed by atoms with Gasteiger partial charge in [-0.05, 0) is 62.2 Å². The highest BCUT2D eigenvalue weighted by atomic mass is 19.1. The topological polar surface area (TPSA) is 69.0 Å². The van der Waals surface area contributed by atoms with Crippen LogP contribution in [0, 0.1) is 12.7 Å². The minimum Gasteiger partial charge on any atom is -0.490 e. The lowest BCUT2D eigenvalue weighted by molar-refractivity contribution is 0.0714. The third-order valence-electron chi connectivity index (χ3n) is 6.28. The molecule has 0 radical (unpaired) electrons. The van der Waals surface area contributed by atoms with Gasteiger partial charge in [0.2, 0.25) is 5.76 Å². The summed E-state index contributed by atoms with van der Waals surface area (Å²) >= 11 is 0. The number of hydrogen-bond acceptors (Lipinski definition) is 5. The number of benzene rings is 3. The average molecular weight is 488 g/mol. The third-order valence-corrected chi connectivity index (χ3v) is 6.28. The number of carbonyl (C=O) groups excluding carboxylic acids is 1. The number of aryl methyl sites for hydroxylation is 1. The molecule has 6 nitrogen and oxygen atoms in total. The van der Waals surface area contributed by atoms with Crippen LogP contribution in [-0.2, 0) is 6.54 Å². The molecular weight excluding hydrogens is 461 g/mol. The van der Waals surface area contributed by atoms with Crippen LogP contribution in [-0.4, -0.2) is 24.0 Å². The van der Waals surface area contributed by atoms with Crippen LogP contribution < -0.4 is 14.9 Å². The van der Waals surface area contributed by atoms with Crippen LogP contribution >= 0.6 is 0 Å². The van der Waals surface area contributed by atoms with Gasteiger partial charge >= 0.3 is 0 Å². The number of fused-ring (bicyclic) bond motifs is 2. The first-order valence-electron chi connectivity index (χ1n) is 11.9. The Morgan fingerprint density at radius 2 is 1.64 bits per heavy atom. The van der Waals surface area contributed by atoms with E-state index in [1.807, 2.05) is 51.1 Å². The molecule has 1 atom stereocenters.